The van der Waals surface area contributed by atoms with Crippen molar-refractivity contribution in [1.82, 2.24) is 9.88 Å². The van der Waals surface area contributed by atoms with Gasteiger partial charge < -0.3 is 9.64 Å². The maximum Gasteiger partial charge on any atom is 0.256 e. The minimum Gasteiger partial charge on any atom is -0.374 e. The number of halogens is 1. The Bertz CT molecular complexity index is 462. The van der Waals surface area contributed by atoms with Crippen molar-refractivity contribution in [1.29, 1.82) is 0 Å². The Morgan fingerprint density at radius 2 is 2.33 bits per heavy atom. The molecular formula is C13H17ClN2O2. The van der Waals surface area contributed by atoms with Gasteiger partial charge in [-0.2, -0.15) is 0 Å². The van der Waals surface area contributed by atoms with Gasteiger partial charge in [-0.3, -0.25) is 9.78 Å². The van der Waals surface area contributed by atoms with E-state index < -0.39 is 0 Å². The molecule has 1 atom stereocenters. The van der Waals surface area contributed by atoms with Crippen LogP contribution in [-0.2, 0) is 4.74 Å². The fraction of sp³-hybridized carbons (Fsp3) is 0.538. The average Bonchev–Trinajstić information content (AvgIpc) is 2.32. The number of ether oxygens (including phenoxy) is 1. The first-order chi connectivity index (χ1) is 8.42. The van der Waals surface area contributed by atoms with Crippen molar-refractivity contribution in [2.75, 3.05) is 13.2 Å². The van der Waals surface area contributed by atoms with Crippen LogP contribution in [0.4, 0.5) is 0 Å². The molecule has 1 aliphatic heterocycles. The van der Waals surface area contributed by atoms with Crippen LogP contribution < -0.4 is 0 Å². The number of hydrogen-bond donors (Lipinski definition) is 0. The first-order valence-electron chi connectivity index (χ1n) is 5.95. The molecule has 0 aliphatic carbocycles. The standard InChI is InChI=1S/C13H17ClN2O2/c1-9-7-16(13(2,3)8-18-9)12(17)10-4-5-15-6-11(10)14/h4-6,9H,7-8H2,1-3H3. The Kier molecular flexibility index (Phi) is 3.59. The Morgan fingerprint density at radius 3 is 3.00 bits per heavy atom. The van der Waals surface area contributed by atoms with Crippen LogP contribution in [0.2, 0.25) is 5.02 Å². The van der Waals surface area contributed by atoms with Gasteiger partial charge in [0.15, 0.2) is 0 Å². The second kappa shape index (κ2) is 4.86. The second-order valence-corrected chi connectivity index (χ2v) is 5.61. The number of carbonyl (C=O) groups is 1. The minimum atomic E-state index is -0.323. The van der Waals surface area contributed by atoms with Gasteiger partial charge in [0, 0.05) is 18.9 Å². The van der Waals surface area contributed by atoms with Gasteiger partial charge in [0.2, 0.25) is 0 Å². The van der Waals surface area contributed by atoms with E-state index in [9.17, 15) is 4.79 Å². The quantitative estimate of drug-likeness (QED) is 0.785. The summed E-state index contributed by atoms with van der Waals surface area (Å²) in [5.74, 6) is -0.0671. The van der Waals surface area contributed by atoms with Crippen molar-refractivity contribution in [3.05, 3.63) is 29.0 Å². The van der Waals surface area contributed by atoms with E-state index in [2.05, 4.69) is 4.98 Å². The Morgan fingerprint density at radius 1 is 1.61 bits per heavy atom. The summed E-state index contributed by atoms with van der Waals surface area (Å²) in [4.78, 5) is 18.3. The Labute approximate surface area is 112 Å². The molecule has 0 aromatic carbocycles. The molecule has 2 heterocycles. The molecule has 0 N–H and O–H groups in total. The number of pyridine rings is 1. The van der Waals surface area contributed by atoms with Gasteiger partial charge >= 0.3 is 0 Å². The van der Waals surface area contributed by atoms with E-state index in [-0.39, 0.29) is 17.6 Å². The van der Waals surface area contributed by atoms with Crippen LogP contribution in [0.15, 0.2) is 18.5 Å². The van der Waals surface area contributed by atoms with Crippen molar-refractivity contribution in [3.63, 3.8) is 0 Å². The third kappa shape index (κ3) is 2.49. The molecule has 1 unspecified atom stereocenters. The highest BCUT2D eigenvalue weighted by molar-refractivity contribution is 6.33. The minimum absolute atomic E-state index is 0.0441. The van der Waals surface area contributed by atoms with E-state index >= 15 is 0 Å². The van der Waals surface area contributed by atoms with Crippen molar-refractivity contribution < 1.29 is 9.53 Å². The van der Waals surface area contributed by atoms with Crippen molar-refractivity contribution in [2.45, 2.75) is 32.4 Å². The number of aromatic nitrogens is 1. The maximum absolute atomic E-state index is 12.5. The van der Waals surface area contributed by atoms with Crippen LogP contribution in [-0.4, -0.2) is 40.6 Å². The average molecular weight is 269 g/mol. The molecule has 0 saturated carbocycles. The predicted molar refractivity (Wildman–Crippen MR) is 69.8 cm³/mol. The highest BCUT2D eigenvalue weighted by Crippen LogP contribution is 2.26. The molecule has 1 fully saturated rings. The summed E-state index contributed by atoms with van der Waals surface area (Å²) >= 11 is 6.03. The number of nitrogens with zero attached hydrogens (tertiary/aromatic N) is 2. The molecule has 5 heteroatoms. The molecule has 1 aromatic rings. The Balaban J connectivity index is 2.30. The van der Waals surface area contributed by atoms with Crippen LogP contribution in [0.1, 0.15) is 31.1 Å². The summed E-state index contributed by atoms with van der Waals surface area (Å²) in [6, 6.07) is 1.65. The van der Waals surface area contributed by atoms with Gasteiger partial charge in [-0.05, 0) is 26.8 Å². The highest BCUT2D eigenvalue weighted by Gasteiger charge is 2.37. The summed E-state index contributed by atoms with van der Waals surface area (Å²) in [5.41, 5.74) is 0.171. The van der Waals surface area contributed by atoms with E-state index in [1.54, 1.807) is 12.3 Å². The topological polar surface area (TPSA) is 42.4 Å². The Hall–Kier alpha value is -1.13. The largest absolute Gasteiger partial charge is 0.374 e. The first kappa shape index (κ1) is 13.3. The monoisotopic (exact) mass is 268 g/mol. The fourth-order valence-corrected chi connectivity index (χ4v) is 2.23. The van der Waals surface area contributed by atoms with E-state index in [1.165, 1.54) is 6.20 Å². The molecule has 1 aliphatic rings. The maximum atomic E-state index is 12.5. The van der Waals surface area contributed by atoms with Crippen LogP contribution in [0.5, 0.6) is 0 Å². The lowest BCUT2D eigenvalue weighted by Crippen LogP contribution is -2.57. The highest BCUT2D eigenvalue weighted by atomic mass is 35.5. The molecule has 4 nitrogen and oxygen atoms in total. The summed E-state index contributed by atoms with van der Waals surface area (Å²) in [5, 5.41) is 0.387. The van der Waals surface area contributed by atoms with E-state index in [0.29, 0.717) is 23.7 Å². The van der Waals surface area contributed by atoms with Gasteiger partial charge in [-0.15, -0.1) is 0 Å². The molecule has 0 spiro atoms. The van der Waals surface area contributed by atoms with Gasteiger partial charge in [0.1, 0.15) is 0 Å². The van der Waals surface area contributed by atoms with Crippen molar-refractivity contribution in [3.8, 4) is 0 Å². The third-order valence-electron chi connectivity index (χ3n) is 3.14. The number of carbonyl (C=O) groups excluding carboxylic acids is 1. The van der Waals surface area contributed by atoms with Gasteiger partial charge in [-0.1, -0.05) is 11.6 Å². The molecule has 18 heavy (non-hydrogen) atoms. The van der Waals surface area contributed by atoms with Gasteiger partial charge in [-0.25, -0.2) is 0 Å². The third-order valence-corrected chi connectivity index (χ3v) is 3.44. The zero-order chi connectivity index (χ0) is 13.3. The molecule has 1 amide bonds. The molecule has 0 bridgehead atoms. The summed E-state index contributed by atoms with van der Waals surface area (Å²) in [7, 11) is 0. The molecule has 0 radical (unpaired) electrons. The number of hydrogen-bond acceptors (Lipinski definition) is 3. The predicted octanol–water partition coefficient (Wildman–Crippen LogP) is 2.37. The number of rotatable bonds is 1. The molecule has 1 saturated heterocycles. The second-order valence-electron chi connectivity index (χ2n) is 5.21. The lowest BCUT2D eigenvalue weighted by atomic mass is 9.99. The molecule has 98 valence electrons. The zero-order valence-electron chi connectivity index (χ0n) is 10.8. The van der Waals surface area contributed by atoms with Crippen LogP contribution >= 0.6 is 11.6 Å². The van der Waals surface area contributed by atoms with Crippen LogP contribution in [0, 0.1) is 0 Å². The fourth-order valence-electron chi connectivity index (χ4n) is 2.03. The first-order valence-corrected chi connectivity index (χ1v) is 6.33. The lowest BCUT2D eigenvalue weighted by molar-refractivity contribution is -0.0755. The lowest BCUT2D eigenvalue weighted by Gasteiger charge is -2.44. The number of morpholine rings is 1. The molecule has 1 aromatic heterocycles. The van der Waals surface area contributed by atoms with E-state index in [0.717, 1.165) is 0 Å². The molecule has 2 rings (SSSR count). The zero-order valence-corrected chi connectivity index (χ0v) is 11.6. The van der Waals surface area contributed by atoms with Gasteiger partial charge in [0.05, 0.1) is 28.8 Å². The van der Waals surface area contributed by atoms with E-state index in [1.807, 2.05) is 25.7 Å². The van der Waals surface area contributed by atoms with Crippen molar-refractivity contribution >= 4 is 17.5 Å². The van der Waals surface area contributed by atoms with E-state index in [4.69, 9.17) is 16.3 Å². The van der Waals surface area contributed by atoms with Crippen LogP contribution in [0.3, 0.4) is 0 Å². The van der Waals surface area contributed by atoms with Crippen molar-refractivity contribution in [2.24, 2.45) is 0 Å². The summed E-state index contributed by atoms with van der Waals surface area (Å²) in [6.07, 6.45) is 3.12. The summed E-state index contributed by atoms with van der Waals surface area (Å²) in [6.45, 7) is 7.05. The normalized spacial score (nSPS) is 22.9. The smallest absolute Gasteiger partial charge is 0.256 e. The van der Waals surface area contributed by atoms with Gasteiger partial charge in [0.25, 0.3) is 5.91 Å². The van der Waals surface area contributed by atoms with Crippen LogP contribution in [0.25, 0.3) is 0 Å². The summed E-state index contributed by atoms with van der Waals surface area (Å²) < 4.78 is 5.60. The molecular weight excluding hydrogens is 252 g/mol. The number of amides is 1. The SMILES string of the molecule is CC1CN(C(=O)c2ccncc2Cl)C(C)(C)CO1.